The number of amides is 1. The molecule has 24 heavy (non-hydrogen) atoms. The first kappa shape index (κ1) is 16.8. The lowest BCUT2D eigenvalue weighted by molar-refractivity contribution is -0.115. The van der Waals surface area contributed by atoms with Crippen LogP contribution >= 0.6 is 11.3 Å². The van der Waals surface area contributed by atoms with Gasteiger partial charge in [-0.1, -0.05) is 6.92 Å². The molecule has 1 N–H and O–H groups in total. The maximum absolute atomic E-state index is 14.1. The summed E-state index contributed by atoms with van der Waals surface area (Å²) < 4.78 is 27.5. The van der Waals surface area contributed by atoms with Gasteiger partial charge in [0, 0.05) is 17.5 Å². The molecule has 0 spiro atoms. The Morgan fingerprint density at radius 1 is 1.42 bits per heavy atom. The fourth-order valence-electron chi connectivity index (χ4n) is 3.04. The molecule has 0 unspecified atom stereocenters. The van der Waals surface area contributed by atoms with Crippen molar-refractivity contribution in [2.45, 2.75) is 33.1 Å². The van der Waals surface area contributed by atoms with Crippen molar-refractivity contribution in [1.82, 2.24) is 4.98 Å². The third-order valence-electron chi connectivity index (χ3n) is 4.11. The van der Waals surface area contributed by atoms with Crippen LogP contribution in [0.2, 0.25) is 0 Å². The van der Waals surface area contributed by atoms with Gasteiger partial charge in [-0.05, 0) is 37.8 Å². The van der Waals surface area contributed by atoms with Crippen LogP contribution in [0.3, 0.4) is 0 Å². The zero-order chi connectivity index (χ0) is 17.3. The van der Waals surface area contributed by atoms with E-state index in [1.54, 1.807) is 4.90 Å². The second kappa shape index (κ2) is 6.84. The number of hydrogen-bond donors (Lipinski definition) is 1. The van der Waals surface area contributed by atoms with Gasteiger partial charge in [0.15, 0.2) is 5.13 Å². The van der Waals surface area contributed by atoms with Crippen molar-refractivity contribution in [3.63, 3.8) is 0 Å². The van der Waals surface area contributed by atoms with E-state index in [9.17, 15) is 13.6 Å². The first-order valence-corrected chi connectivity index (χ1v) is 8.78. The van der Waals surface area contributed by atoms with E-state index in [-0.39, 0.29) is 12.5 Å². The van der Waals surface area contributed by atoms with Gasteiger partial charge in [0.2, 0.25) is 5.91 Å². The molecule has 1 aliphatic rings. The summed E-state index contributed by atoms with van der Waals surface area (Å²) in [6.45, 7) is 4.58. The van der Waals surface area contributed by atoms with Gasteiger partial charge in [-0.15, -0.1) is 11.3 Å². The van der Waals surface area contributed by atoms with Crippen molar-refractivity contribution in [3.05, 3.63) is 39.9 Å². The Morgan fingerprint density at radius 3 is 2.92 bits per heavy atom. The molecule has 2 aromatic rings. The van der Waals surface area contributed by atoms with E-state index in [1.165, 1.54) is 17.4 Å². The normalized spacial score (nSPS) is 13.8. The fourth-order valence-corrected chi connectivity index (χ4v) is 3.95. The van der Waals surface area contributed by atoms with Gasteiger partial charge in [0.25, 0.3) is 0 Å². The highest BCUT2D eigenvalue weighted by Gasteiger charge is 2.24. The van der Waals surface area contributed by atoms with Crippen LogP contribution in [-0.2, 0) is 17.6 Å². The fraction of sp³-hybridized carbons (Fsp3) is 0.412. The van der Waals surface area contributed by atoms with E-state index in [4.69, 9.17) is 0 Å². The summed E-state index contributed by atoms with van der Waals surface area (Å²) in [6, 6.07) is 2.22. The Hall–Kier alpha value is -2.02. The van der Waals surface area contributed by atoms with Gasteiger partial charge in [-0.25, -0.2) is 13.8 Å². The van der Waals surface area contributed by atoms with Gasteiger partial charge >= 0.3 is 0 Å². The van der Waals surface area contributed by atoms with E-state index >= 15 is 0 Å². The zero-order valence-corrected chi connectivity index (χ0v) is 14.5. The van der Waals surface area contributed by atoms with Gasteiger partial charge in [-0.3, -0.25) is 4.79 Å². The molecule has 0 atom stereocenters. The van der Waals surface area contributed by atoms with E-state index in [0.29, 0.717) is 29.3 Å². The number of hydrogen-bond acceptors (Lipinski definition) is 4. The molecule has 0 radical (unpaired) electrons. The maximum atomic E-state index is 14.1. The summed E-state index contributed by atoms with van der Waals surface area (Å²) in [5, 5.41) is 3.34. The molecule has 4 nitrogen and oxygen atoms in total. The van der Waals surface area contributed by atoms with E-state index in [2.05, 4.69) is 10.3 Å². The summed E-state index contributed by atoms with van der Waals surface area (Å²) >= 11 is 1.43. The number of rotatable bonds is 4. The summed E-state index contributed by atoms with van der Waals surface area (Å²) in [5.74, 6) is -1.44. The van der Waals surface area contributed by atoms with Crippen LogP contribution < -0.4 is 10.2 Å². The number of halogens is 2. The molecule has 1 aliphatic heterocycles. The topological polar surface area (TPSA) is 45.2 Å². The number of anilines is 2. The second-order valence-corrected chi connectivity index (χ2v) is 7.05. The molecule has 0 fully saturated rings. The van der Waals surface area contributed by atoms with Gasteiger partial charge in [0.05, 0.1) is 17.9 Å². The van der Waals surface area contributed by atoms with Crippen LogP contribution in [0.25, 0.3) is 0 Å². The lowest BCUT2D eigenvalue weighted by atomic mass is 10.0. The number of nitrogens with one attached hydrogen (secondary N) is 1. The molecule has 0 saturated heterocycles. The number of aryl methyl sites for hydroxylation is 3. The maximum Gasteiger partial charge on any atom is 0.245 e. The molecule has 1 aromatic heterocycles. The Labute approximate surface area is 143 Å². The third kappa shape index (κ3) is 3.40. The Kier molecular flexibility index (Phi) is 4.80. The number of nitrogens with zero attached hydrogens (tertiary/aromatic N) is 2. The molecule has 1 aromatic carbocycles. The quantitative estimate of drug-likeness (QED) is 0.914. The molecule has 7 heteroatoms. The average molecular weight is 351 g/mol. The summed E-state index contributed by atoms with van der Waals surface area (Å²) in [7, 11) is 0. The number of fused-ring (bicyclic) bond motifs is 1. The highest BCUT2D eigenvalue weighted by atomic mass is 32.1. The van der Waals surface area contributed by atoms with Crippen LogP contribution in [-0.4, -0.2) is 24.0 Å². The molecule has 0 aliphatic carbocycles. The molecule has 2 heterocycles. The minimum absolute atomic E-state index is 0.0235. The van der Waals surface area contributed by atoms with Crippen molar-refractivity contribution < 1.29 is 13.6 Å². The third-order valence-corrected chi connectivity index (χ3v) is 5.03. The van der Waals surface area contributed by atoms with Gasteiger partial charge in [0.1, 0.15) is 11.6 Å². The first-order valence-electron chi connectivity index (χ1n) is 7.97. The van der Waals surface area contributed by atoms with Crippen LogP contribution in [0.4, 0.5) is 19.6 Å². The lowest BCUT2D eigenvalue weighted by Gasteiger charge is -2.31. The van der Waals surface area contributed by atoms with Crippen molar-refractivity contribution in [2.24, 2.45) is 0 Å². The Bertz CT molecular complexity index is 775. The van der Waals surface area contributed by atoms with Crippen LogP contribution in [0.5, 0.6) is 0 Å². The number of thiazole rings is 1. The number of aromatic nitrogens is 1. The van der Waals surface area contributed by atoms with Crippen molar-refractivity contribution in [3.8, 4) is 0 Å². The number of carbonyl (C=O) groups is 1. The van der Waals surface area contributed by atoms with Gasteiger partial charge < -0.3 is 10.2 Å². The summed E-state index contributed by atoms with van der Waals surface area (Å²) in [4.78, 5) is 19.4. The molecule has 3 rings (SSSR count). The summed E-state index contributed by atoms with van der Waals surface area (Å²) in [6.07, 6.45) is 2.20. The number of carbonyl (C=O) groups excluding carboxylic acids is 1. The first-order chi connectivity index (χ1) is 11.5. The highest BCUT2D eigenvalue weighted by molar-refractivity contribution is 7.15. The van der Waals surface area contributed by atoms with Crippen molar-refractivity contribution in [1.29, 1.82) is 0 Å². The zero-order valence-electron chi connectivity index (χ0n) is 13.7. The molecule has 1 amide bonds. The largest absolute Gasteiger partial charge is 0.360 e. The second-order valence-electron chi connectivity index (χ2n) is 5.84. The molecular weight excluding hydrogens is 332 g/mol. The summed E-state index contributed by atoms with van der Waals surface area (Å²) in [5.41, 5.74) is 1.92. The minimum Gasteiger partial charge on any atom is -0.360 e. The van der Waals surface area contributed by atoms with Crippen LogP contribution in [0.15, 0.2) is 12.1 Å². The van der Waals surface area contributed by atoms with Crippen molar-refractivity contribution >= 4 is 28.1 Å². The van der Waals surface area contributed by atoms with E-state index < -0.39 is 11.6 Å². The smallest absolute Gasteiger partial charge is 0.245 e. The lowest BCUT2D eigenvalue weighted by Crippen LogP contribution is -2.37. The SMILES string of the molecule is CCc1nc(NC(=O)CN2CCCc3cc(F)cc(F)c32)sc1C. The average Bonchev–Trinajstić information content (AvgIpc) is 2.86. The predicted molar refractivity (Wildman–Crippen MR) is 91.8 cm³/mol. The Balaban J connectivity index is 1.74. The molecule has 0 saturated carbocycles. The number of benzene rings is 1. The van der Waals surface area contributed by atoms with Crippen molar-refractivity contribution in [2.75, 3.05) is 23.3 Å². The molecular formula is C17H19F2N3OS. The van der Waals surface area contributed by atoms with E-state index in [1.807, 2.05) is 13.8 Å². The highest BCUT2D eigenvalue weighted by Crippen LogP contribution is 2.31. The van der Waals surface area contributed by atoms with Gasteiger partial charge in [-0.2, -0.15) is 0 Å². The molecule has 128 valence electrons. The Morgan fingerprint density at radius 2 is 2.21 bits per heavy atom. The predicted octanol–water partition coefficient (Wildman–Crippen LogP) is 3.68. The van der Waals surface area contributed by atoms with E-state index in [0.717, 1.165) is 29.5 Å². The minimum atomic E-state index is -0.615. The standard InChI is InChI=1S/C17H19F2N3OS/c1-3-14-10(2)24-17(20-14)21-15(23)9-22-6-4-5-11-7-12(18)8-13(19)16(11)22/h7-8H,3-6,9H2,1-2H3,(H,20,21,23). The van der Waals surface area contributed by atoms with Crippen LogP contribution in [0, 0.1) is 18.6 Å². The molecule has 0 bridgehead atoms. The monoisotopic (exact) mass is 351 g/mol. The van der Waals surface area contributed by atoms with Crippen LogP contribution in [0.1, 0.15) is 29.5 Å².